The van der Waals surface area contributed by atoms with Gasteiger partial charge in [0.15, 0.2) is 5.65 Å². The molecular weight excluding hydrogens is 395 g/mol. The molecule has 27 heavy (non-hydrogen) atoms. The van der Waals surface area contributed by atoms with Crippen molar-refractivity contribution in [1.29, 1.82) is 0 Å². The van der Waals surface area contributed by atoms with E-state index in [0.717, 1.165) is 11.6 Å². The molecule has 0 atom stereocenters. The van der Waals surface area contributed by atoms with Gasteiger partial charge in [-0.05, 0) is 42.1 Å². The number of nitrogens with zero attached hydrogens (tertiary/aromatic N) is 3. The van der Waals surface area contributed by atoms with E-state index in [1.807, 2.05) is 11.4 Å². The van der Waals surface area contributed by atoms with Gasteiger partial charge in [-0.2, -0.15) is 18.3 Å². The summed E-state index contributed by atoms with van der Waals surface area (Å²) in [5.74, 6) is 0. The summed E-state index contributed by atoms with van der Waals surface area (Å²) in [5, 5.41) is 6.73. The highest BCUT2D eigenvalue weighted by atomic mass is 35.5. The number of benzene rings is 1. The lowest BCUT2D eigenvalue weighted by atomic mass is 10.1. The Morgan fingerprint density at radius 1 is 1.15 bits per heavy atom. The Labute approximate surface area is 162 Å². The molecule has 0 amide bonds. The molecule has 0 saturated heterocycles. The van der Waals surface area contributed by atoms with Crippen molar-refractivity contribution in [3.05, 3.63) is 69.7 Å². The molecule has 0 unspecified atom stereocenters. The Balaban J connectivity index is 1.94. The van der Waals surface area contributed by atoms with Gasteiger partial charge in [0.1, 0.15) is 0 Å². The number of aromatic nitrogens is 3. The molecule has 4 aromatic rings. The number of hydrogen-bond donors (Lipinski definition) is 0. The topological polar surface area (TPSA) is 30.7 Å². The van der Waals surface area contributed by atoms with E-state index < -0.39 is 11.7 Å². The van der Waals surface area contributed by atoms with Crippen molar-refractivity contribution in [2.45, 2.75) is 19.6 Å². The Bertz CT molecular complexity index is 1120. The molecule has 3 aromatic heterocycles. The molecule has 0 aliphatic rings. The molecule has 8 heteroatoms. The maximum absolute atomic E-state index is 13.7. The fourth-order valence-electron chi connectivity index (χ4n) is 3.05. The van der Waals surface area contributed by atoms with Crippen LogP contribution in [0.25, 0.3) is 21.6 Å². The lowest BCUT2D eigenvalue weighted by Gasteiger charge is -2.11. The monoisotopic (exact) mass is 407 g/mol. The van der Waals surface area contributed by atoms with Crippen molar-refractivity contribution < 1.29 is 13.2 Å². The van der Waals surface area contributed by atoms with Gasteiger partial charge in [-0.15, -0.1) is 11.3 Å². The number of rotatable bonds is 3. The largest absolute Gasteiger partial charge is 0.417 e. The van der Waals surface area contributed by atoms with Crippen molar-refractivity contribution in [3.8, 4) is 10.6 Å². The molecule has 4 rings (SSSR count). The number of fused-ring (bicyclic) bond motifs is 1. The normalized spacial score (nSPS) is 12.0. The van der Waals surface area contributed by atoms with Crippen LogP contribution in [0.2, 0.25) is 5.02 Å². The van der Waals surface area contributed by atoms with Gasteiger partial charge in [0.2, 0.25) is 0 Å². The van der Waals surface area contributed by atoms with Crippen molar-refractivity contribution in [2.75, 3.05) is 0 Å². The summed E-state index contributed by atoms with van der Waals surface area (Å²) in [5.41, 5.74) is 0.918. The number of halogens is 4. The molecule has 0 aliphatic carbocycles. The van der Waals surface area contributed by atoms with Crippen molar-refractivity contribution in [1.82, 2.24) is 14.8 Å². The summed E-state index contributed by atoms with van der Waals surface area (Å²) < 4.78 is 42.7. The van der Waals surface area contributed by atoms with Crippen LogP contribution in [0.15, 0.2) is 47.8 Å². The number of thiophene rings is 1. The minimum absolute atomic E-state index is 0.0323. The minimum atomic E-state index is -4.50. The molecule has 138 valence electrons. The van der Waals surface area contributed by atoms with E-state index in [2.05, 4.69) is 10.1 Å². The highest BCUT2D eigenvalue weighted by molar-refractivity contribution is 7.13. The molecule has 0 fully saturated rings. The van der Waals surface area contributed by atoms with E-state index in [0.29, 0.717) is 15.6 Å². The third kappa shape index (κ3) is 3.44. The molecule has 0 N–H and O–H groups in total. The molecule has 0 saturated carbocycles. The van der Waals surface area contributed by atoms with Gasteiger partial charge in [0.05, 0.1) is 33.8 Å². The van der Waals surface area contributed by atoms with E-state index in [1.54, 1.807) is 37.3 Å². The zero-order valence-electron chi connectivity index (χ0n) is 14.1. The number of aryl methyl sites for hydroxylation is 1. The molecule has 0 aliphatic heterocycles. The Hall–Kier alpha value is -2.38. The van der Waals surface area contributed by atoms with Crippen LogP contribution in [-0.2, 0) is 12.7 Å². The average Bonchev–Trinajstić information content (AvgIpc) is 3.23. The Morgan fingerprint density at radius 2 is 1.96 bits per heavy atom. The summed E-state index contributed by atoms with van der Waals surface area (Å²) in [6, 6.07) is 11.8. The minimum Gasteiger partial charge on any atom is -0.243 e. The van der Waals surface area contributed by atoms with Gasteiger partial charge in [-0.1, -0.05) is 29.8 Å². The summed E-state index contributed by atoms with van der Waals surface area (Å²) >= 11 is 7.37. The Kier molecular flexibility index (Phi) is 4.44. The van der Waals surface area contributed by atoms with Gasteiger partial charge in [0, 0.05) is 5.02 Å². The highest BCUT2D eigenvalue weighted by Gasteiger charge is 2.35. The first-order chi connectivity index (χ1) is 12.8. The first-order valence-electron chi connectivity index (χ1n) is 8.06. The van der Waals surface area contributed by atoms with E-state index in [-0.39, 0.29) is 23.3 Å². The molecule has 3 heterocycles. The van der Waals surface area contributed by atoms with E-state index in [4.69, 9.17) is 11.6 Å². The third-order valence-electron chi connectivity index (χ3n) is 4.18. The fraction of sp³-hybridized carbons (Fsp3) is 0.158. The predicted molar refractivity (Wildman–Crippen MR) is 101 cm³/mol. The fourth-order valence-corrected chi connectivity index (χ4v) is 3.95. The molecule has 3 nitrogen and oxygen atoms in total. The van der Waals surface area contributed by atoms with Crippen LogP contribution >= 0.6 is 22.9 Å². The lowest BCUT2D eigenvalue weighted by molar-refractivity contribution is -0.136. The second-order valence-corrected chi connectivity index (χ2v) is 7.49. The number of alkyl halides is 3. The number of hydrogen-bond acceptors (Lipinski definition) is 3. The first kappa shape index (κ1) is 18.0. The number of pyridine rings is 1. The summed E-state index contributed by atoms with van der Waals surface area (Å²) in [7, 11) is 0. The summed E-state index contributed by atoms with van der Waals surface area (Å²) in [4.78, 5) is 5.19. The van der Waals surface area contributed by atoms with E-state index >= 15 is 0 Å². The van der Waals surface area contributed by atoms with Gasteiger partial charge < -0.3 is 0 Å². The van der Waals surface area contributed by atoms with Crippen LogP contribution in [0.3, 0.4) is 0 Å². The maximum atomic E-state index is 13.7. The highest BCUT2D eigenvalue weighted by Crippen LogP contribution is 2.38. The van der Waals surface area contributed by atoms with Crippen LogP contribution in [-0.4, -0.2) is 14.8 Å². The third-order valence-corrected chi connectivity index (χ3v) is 5.31. The summed E-state index contributed by atoms with van der Waals surface area (Å²) in [6.45, 7) is 1.85. The first-order valence-corrected chi connectivity index (χ1v) is 9.32. The molecule has 0 spiro atoms. The molecule has 0 bridgehead atoms. The van der Waals surface area contributed by atoms with Gasteiger partial charge in [-0.3, -0.25) is 0 Å². The molecule has 1 aromatic carbocycles. The maximum Gasteiger partial charge on any atom is 0.417 e. The quantitative estimate of drug-likeness (QED) is 0.405. The molecular formula is C19H13ClF3N3S. The van der Waals surface area contributed by atoms with Crippen LogP contribution in [0.5, 0.6) is 0 Å². The van der Waals surface area contributed by atoms with Crippen molar-refractivity contribution >= 4 is 34.0 Å². The zero-order valence-corrected chi connectivity index (χ0v) is 15.7. The van der Waals surface area contributed by atoms with Crippen LogP contribution < -0.4 is 0 Å². The standard InChI is InChI=1S/C19H13ClF3N3S/c1-11-17-14(19(21,22)23)9-15(16-6-3-7-27-16)24-18(17)26(25-11)10-12-4-2-5-13(20)8-12/h2-9H,10H2,1H3. The van der Waals surface area contributed by atoms with Crippen LogP contribution in [0.4, 0.5) is 13.2 Å². The van der Waals surface area contributed by atoms with Gasteiger partial charge in [0.25, 0.3) is 0 Å². The molecule has 0 radical (unpaired) electrons. The average molecular weight is 408 g/mol. The lowest BCUT2D eigenvalue weighted by Crippen LogP contribution is -2.08. The van der Waals surface area contributed by atoms with Crippen molar-refractivity contribution in [2.24, 2.45) is 0 Å². The summed E-state index contributed by atoms with van der Waals surface area (Å²) in [6.07, 6.45) is -4.50. The smallest absolute Gasteiger partial charge is 0.243 e. The van der Waals surface area contributed by atoms with Gasteiger partial charge in [-0.25, -0.2) is 9.67 Å². The predicted octanol–water partition coefficient (Wildman–Crippen LogP) is 6.19. The SMILES string of the molecule is Cc1nn(Cc2cccc(Cl)c2)c2nc(-c3cccs3)cc(C(F)(F)F)c12. The second kappa shape index (κ2) is 6.65. The Morgan fingerprint density at radius 3 is 2.63 bits per heavy atom. The van der Waals surface area contributed by atoms with E-state index in [1.165, 1.54) is 16.0 Å². The van der Waals surface area contributed by atoms with Crippen LogP contribution in [0, 0.1) is 6.92 Å². The van der Waals surface area contributed by atoms with Crippen molar-refractivity contribution in [3.63, 3.8) is 0 Å². The second-order valence-electron chi connectivity index (χ2n) is 6.10. The van der Waals surface area contributed by atoms with Gasteiger partial charge >= 0.3 is 6.18 Å². The zero-order chi connectivity index (χ0) is 19.2. The van der Waals surface area contributed by atoms with Crippen LogP contribution in [0.1, 0.15) is 16.8 Å². The van der Waals surface area contributed by atoms with E-state index in [9.17, 15) is 13.2 Å².